The molecule has 23 heavy (non-hydrogen) atoms. The molecule has 1 nitrogen and oxygen atoms in total. The van der Waals surface area contributed by atoms with Crippen LogP contribution in [0.15, 0.2) is 55.3 Å². The normalized spacial score (nSPS) is 12.3. The van der Waals surface area contributed by atoms with Crippen LogP contribution in [0.2, 0.25) is 0 Å². The maximum absolute atomic E-state index is 4.42. The van der Waals surface area contributed by atoms with Crippen LogP contribution in [0.5, 0.6) is 0 Å². The molecule has 1 heteroatoms. The van der Waals surface area contributed by atoms with Crippen molar-refractivity contribution in [2.24, 2.45) is 0 Å². The van der Waals surface area contributed by atoms with Crippen LogP contribution in [0.4, 0.5) is 0 Å². The Hall–Kier alpha value is -2.15. The molecule has 120 valence electrons. The number of aryl methyl sites for hydroxylation is 1. The lowest BCUT2D eigenvalue weighted by Gasteiger charge is -2.19. The summed E-state index contributed by atoms with van der Waals surface area (Å²) >= 11 is 0. The summed E-state index contributed by atoms with van der Waals surface area (Å²) in [7, 11) is 0. The van der Waals surface area contributed by atoms with Gasteiger partial charge in [0.15, 0.2) is 0 Å². The molecular weight excluding hydrogens is 278 g/mol. The van der Waals surface area contributed by atoms with Crippen LogP contribution in [0.1, 0.15) is 56.5 Å². The summed E-state index contributed by atoms with van der Waals surface area (Å²) in [6, 6.07) is 13.0. The Morgan fingerprint density at radius 2 is 1.78 bits per heavy atom. The highest BCUT2D eigenvalue weighted by atomic mass is 14.7. The zero-order valence-electron chi connectivity index (χ0n) is 15.0. The number of nitrogens with zero attached hydrogens (tertiary/aromatic N) is 1. The number of aromatic nitrogens is 1. The van der Waals surface area contributed by atoms with Crippen molar-refractivity contribution in [2.45, 2.75) is 46.5 Å². The summed E-state index contributed by atoms with van der Waals surface area (Å²) in [6.07, 6.45) is 4.97. The van der Waals surface area contributed by atoms with Crippen LogP contribution in [0.3, 0.4) is 0 Å². The van der Waals surface area contributed by atoms with Gasteiger partial charge >= 0.3 is 0 Å². The van der Waals surface area contributed by atoms with Gasteiger partial charge in [0, 0.05) is 6.20 Å². The number of pyridine rings is 1. The van der Waals surface area contributed by atoms with E-state index in [9.17, 15) is 0 Å². The first kappa shape index (κ1) is 17.2. The van der Waals surface area contributed by atoms with Crippen molar-refractivity contribution in [3.63, 3.8) is 0 Å². The van der Waals surface area contributed by atoms with E-state index in [4.69, 9.17) is 0 Å². The first-order chi connectivity index (χ1) is 10.8. The zero-order chi connectivity index (χ0) is 17.0. The van der Waals surface area contributed by atoms with Crippen molar-refractivity contribution >= 4 is 11.1 Å². The largest absolute Gasteiger partial charge is 0.256 e. The Balaban J connectivity index is 2.30. The third-order valence-corrected chi connectivity index (χ3v) is 4.10. The first-order valence-corrected chi connectivity index (χ1v) is 8.24. The van der Waals surface area contributed by atoms with Gasteiger partial charge in [-0.15, -0.1) is 0 Å². The Bertz CT molecular complexity index is 712. The van der Waals surface area contributed by atoms with Crippen LogP contribution in [0.25, 0.3) is 11.1 Å². The van der Waals surface area contributed by atoms with Crippen LogP contribution in [0, 0.1) is 6.92 Å². The second-order valence-corrected chi connectivity index (χ2v) is 7.09. The molecule has 1 heterocycles. The van der Waals surface area contributed by atoms with Crippen molar-refractivity contribution < 1.29 is 0 Å². The minimum absolute atomic E-state index is 0.184. The molecule has 0 saturated heterocycles. The lowest BCUT2D eigenvalue weighted by Crippen LogP contribution is -2.10. The Morgan fingerprint density at radius 3 is 2.30 bits per heavy atom. The molecule has 0 atom stereocenters. The highest BCUT2D eigenvalue weighted by Crippen LogP contribution is 2.27. The van der Waals surface area contributed by atoms with E-state index >= 15 is 0 Å². The van der Waals surface area contributed by atoms with E-state index in [1.165, 1.54) is 22.3 Å². The molecular formula is C22H27N. The van der Waals surface area contributed by atoms with Crippen molar-refractivity contribution in [1.29, 1.82) is 0 Å². The van der Waals surface area contributed by atoms with Gasteiger partial charge in [0.25, 0.3) is 0 Å². The van der Waals surface area contributed by atoms with E-state index in [1.807, 2.05) is 12.3 Å². The van der Waals surface area contributed by atoms with Gasteiger partial charge in [-0.05, 0) is 64.8 Å². The van der Waals surface area contributed by atoms with Crippen molar-refractivity contribution in [2.75, 3.05) is 0 Å². The van der Waals surface area contributed by atoms with E-state index in [2.05, 4.69) is 82.6 Å². The zero-order valence-corrected chi connectivity index (χ0v) is 15.0. The van der Waals surface area contributed by atoms with Crippen molar-refractivity contribution in [1.82, 2.24) is 4.98 Å². The standard InChI is InChI=1S/C22H27N/c1-7-18(15-17(3)21-14-16(2)12-13-23-21)19-8-10-20(11-9-19)22(4,5)6/h8-15H,3,7H2,1-2,4-6H3/b18-15+. The van der Waals surface area contributed by atoms with Gasteiger partial charge in [0.1, 0.15) is 0 Å². The fourth-order valence-electron chi connectivity index (χ4n) is 2.57. The summed E-state index contributed by atoms with van der Waals surface area (Å²) in [5, 5.41) is 0. The molecule has 0 aliphatic rings. The Labute approximate surface area is 140 Å². The van der Waals surface area contributed by atoms with Gasteiger partial charge in [0.2, 0.25) is 0 Å². The molecule has 0 bridgehead atoms. The highest BCUT2D eigenvalue weighted by molar-refractivity contribution is 5.81. The topological polar surface area (TPSA) is 12.9 Å². The second kappa shape index (κ2) is 6.95. The van der Waals surface area contributed by atoms with Gasteiger partial charge in [0.05, 0.1) is 5.69 Å². The summed E-state index contributed by atoms with van der Waals surface area (Å²) in [4.78, 5) is 4.42. The molecule has 0 aliphatic carbocycles. The maximum Gasteiger partial charge on any atom is 0.0698 e. The summed E-state index contributed by atoms with van der Waals surface area (Å²) in [5.41, 5.74) is 7.21. The predicted molar refractivity (Wildman–Crippen MR) is 101 cm³/mol. The van der Waals surface area contributed by atoms with Gasteiger partial charge in [-0.3, -0.25) is 4.98 Å². The van der Waals surface area contributed by atoms with Gasteiger partial charge in [-0.25, -0.2) is 0 Å². The van der Waals surface area contributed by atoms with Crippen LogP contribution >= 0.6 is 0 Å². The molecule has 0 fully saturated rings. The molecule has 0 amide bonds. The fraction of sp³-hybridized carbons (Fsp3) is 0.318. The highest BCUT2D eigenvalue weighted by Gasteiger charge is 2.13. The first-order valence-electron chi connectivity index (χ1n) is 8.24. The van der Waals surface area contributed by atoms with Crippen LogP contribution in [-0.4, -0.2) is 4.98 Å². The fourth-order valence-corrected chi connectivity index (χ4v) is 2.57. The lowest BCUT2D eigenvalue weighted by molar-refractivity contribution is 0.590. The lowest BCUT2D eigenvalue weighted by atomic mass is 9.86. The van der Waals surface area contributed by atoms with Gasteiger partial charge in [-0.2, -0.15) is 0 Å². The number of hydrogen-bond donors (Lipinski definition) is 0. The molecule has 0 aliphatic heterocycles. The van der Waals surface area contributed by atoms with Crippen LogP contribution in [-0.2, 0) is 5.41 Å². The van der Waals surface area contributed by atoms with E-state index < -0.39 is 0 Å². The number of rotatable bonds is 4. The molecule has 1 aromatic carbocycles. The summed E-state index contributed by atoms with van der Waals surface area (Å²) in [5.74, 6) is 0. The molecule has 0 unspecified atom stereocenters. The second-order valence-electron chi connectivity index (χ2n) is 7.09. The maximum atomic E-state index is 4.42. The van der Waals surface area contributed by atoms with Gasteiger partial charge in [-0.1, -0.05) is 58.5 Å². The molecule has 0 saturated carbocycles. The minimum Gasteiger partial charge on any atom is -0.256 e. The number of hydrogen-bond acceptors (Lipinski definition) is 1. The van der Waals surface area contributed by atoms with Crippen LogP contribution < -0.4 is 0 Å². The molecule has 0 radical (unpaired) electrons. The Morgan fingerprint density at radius 1 is 1.13 bits per heavy atom. The minimum atomic E-state index is 0.184. The third-order valence-electron chi connectivity index (χ3n) is 4.10. The average molecular weight is 305 g/mol. The van der Waals surface area contributed by atoms with Crippen molar-refractivity contribution in [3.8, 4) is 0 Å². The van der Waals surface area contributed by atoms with E-state index in [0.29, 0.717) is 0 Å². The number of allylic oxidation sites excluding steroid dienone is 3. The summed E-state index contributed by atoms with van der Waals surface area (Å²) < 4.78 is 0. The molecule has 1 aromatic heterocycles. The third kappa shape index (κ3) is 4.41. The SMILES string of the molecule is C=C(/C=C(\CC)c1ccc(C(C)(C)C)cc1)c1cc(C)ccn1. The van der Waals surface area contributed by atoms with Gasteiger partial charge < -0.3 is 0 Å². The quantitative estimate of drug-likeness (QED) is 0.613. The Kier molecular flexibility index (Phi) is 5.20. The van der Waals surface area contributed by atoms with Crippen molar-refractivity contribution in [3.05, 3.63) is 77.6 Å². The number of benzene rings is 1. The molecule has 0 N–H and O–H groups in total. The van der Waals surface area contributed by atoms with E-state index in [0.717, 1.165) is 17.7 Å². The molecule has 2 rings (SSSR count). The molecule has 0 spiro atoms. The monoisotopic (exact) mass is 305 g/mol. The van der Waals surface area contributed by atoms with E-state index in [1.54, 1.807) is 0 Å². The summed E-state index contributed by atoms with van der Waals surface area (Å²) in [6.45, 7) is 15.2. The van der Waals surface area contributed by atoms with E-state index in [-0.39, 0.29) is 5.41 Å². The smallest absolute Gasteiger partial charge is 0.0698 e. The molecule has 2 aromatic rings. The predicted octanol–water partition coefficient (Wildman–Crippen LogP) is 6.19. The average Bonchev–Trinajstić information content (AvgIpc) is 2.51.